The minimum absolute atomic E-state index is 0.438. The van der Waals surface area contributed by atoms with Crippen molar-refractivity contribution in [2.24, 2.45) is 0 Å². The summed E-state index contributed by atoms with van der Waals surface area (Å²) in [5, 5.41) is 8.94. The highest BCUT2D eigenvalue weighted by molar-refractivity contribution is 5.37. The summed E-state index contributed by atoms with van der Waals surface area (Å²) in [5.74, 6) is 0.530. The first-order valence-electron chi connectivity index (χ1n) is 3.70. The van der Waals surface area contributed by atoms with E-state index in [1.54, 1.807) is 6.92 Å². The van der Waals surface area contributed by atoms with Gasteiger partial charge in [-0.15, -0.1) is 0 Å². The highest BCUT2D eigenvalue weighted by Gasteiger charge is 2.00. The average Bonchev–Trinajstić information content (AvgIpc) is 2.07. The van der Waals surface area contributed by atoms with Crippen molar-refractivity contribution in [1.82, 2.24) is 15.2 Å². The monoisotopic (exact) mass is 170 g/mol. The molecule has 66 valence electrons. The Bertz CT molecular complexity index is 307. The number of aromatic nitrogens is 3. The molecule has 0 unspecified atom stereocenters. The number of aromatic amines is 1. The Morgan fingerprint density at radius 3 is 3.08 bits per heavy atom. The van der Waals surface area contributed by atoms with Crippen LogP contribution in [0.2, 0.25) is 0 Å². The lowest BCUT2D eigenvalue weighted by Gasteiger charge is -2.02. The lowest BCUT2D eigenvalue weighted by Crippen LogP contribution is -2.53. The van der Waals surface area contributed by atoms with Gasteiger partial charge in [0.1, 0.15) is 5.69 Å². The number of hydrogen-bond donors (Lipinski definition) is 3. The van der Waals surface area contributed by atoms with Crippen LogP contribution < -0.4 is 16.7 Å². The Labute approximate surface area is 69.2 Å². The molecule has 12 heavy (non-hydrogen) atoms. The second-order valence-electron chi connectivity index (χ2n) is 2.35. The van der Waals surface area contributed by atoms with Crippen LogP contribution in [-0.2, 0) is 0 Å². The normalized spacial score (nSPS) is 9.83. The molecule has 0 fully saturated rings. The third-order valence-electron chi connectivity index (χ3n) is 1.34. The number of H-pyrrole nitrogens is 1. The maximum atomic E-state index is 10.7. The summed E-state index contributed by atoms with van der Waals surface area (Å²) in [6.07, 6.45) is 0. The predicted octanol–water partition coefficient (Wildman–Crippen LogP) is -1.87. The van der Waals surface area contributed by atoms with Crippen molar-refractivity contribution in [2.75, 3.05) is 18.4 Å². The summed E-state index contributed by atoms with van der Waals surface area (Å²) < 4.78 is 0. The molecule has 1 aromatic rings. The van der Waals surface area contributed by atoms with Crippen LogP contribution in [0.15, 0.2) is 4.79 Å². The van der Waals surface area contributed by atoms with Gasteiger partial charge in [0.2, 0.25) is 0 Å². The molecule has 0 aliphatic carbocycles. The first kappa shape index (κ1) is 8.66. The average molecular weight is 170 g/mol. The number of anilines is 1. The van der Waals surface area contributed by atoms with E-state index in [1.807, 2.05) is 0 Å². The van der Waals surface area contributed by atoms with E-state index >= 15 is 0 Å². The van der Waals surface area contributed by atoms with Gasteiger partial charge in [0.15, 0.2) is 5.82 Å². The summed E-state index contributed by atoms with van der Waals surface area (Å²) in [6, 6.07) is 0. The van der Waals surface area contributed by atoms with Gasteiger partial charge in [0.05, 0.1) is 13.1 Å². The maximum Gasteiger partial charge on any atom is 0.363 e. The molecule has 1 rings (SSSR count). The molecule has 0 atom stereocenters. The molecule has 0 amide bonds. The Kier molecular flexibility index (Phi) is 2.76. The van der Waals surface area contributed by atoms with Crippen LogP contribution in [0, 0.1) is 6.92 Å². The Morgan fingerprint density at radius 1 is 1.67 bits per heavy atom. The largest absolute Gasteiger partial charge is 0.363 e. The van der Waals surface area contributed by atoms with Crippen LogP contribution in [-0.4, -0.2) is 28.3 Å². The van der Waals surface area contributed by atoms with Crippen molar-refractivity contribution in [2.45, 2.75) is 6.92 Å². The van der Waals surface area contributed by atoms with Gasteiger partial charge in [-0.3, -0.25) is 0 Å². The van der Waals surface area contributed by atoms with Crippen LogP contribution >= 0.6 is 0 Å². The number of nitrogens with one attached hydrogen (secondary N) is 2. The fourth-order valence-electron chi connectivity index (χ4n) is 0.766. The minimum atomic E-state index is -0.438. The quantitative estimate of drug-likeness (QED) is 0.494. The molecule has 6 heteroatoms. The Morgan fingerprint density at radius 2 is 2.42 bits per heavy atom. The van der Waals surface area contributed by atoms with Crippen LogP contribution in [0.3, 0.4) is 0 Å². The van der Waals surface area contributed by atoms with E-state index in [-0.39, 0.29) is 0 Å². The van der Waals surface area contributed by atoms with Gasteiger partial charge in [-0.25, -0.2) is 9.89 Å². The van der Waals surface area contributed by atoms with E-state index in [2.05, 4.69) is 26.2 Å². The zero-order valence-corrected chi connectivity index (χ0v) is 6.92. The molecule has 0 bridgehead atoms. The fourth-order valence-corrected chi connectivity index (χ4v) is 0.766. The summed E-state index contributed by atoms with van der Waals surface area (Å²) in [7, 11) is 0. The molecule has 0 saturated heterocycles. The third kappa shape index (κ3) is 2.03. The summed E-state index contributed by atoms with van der Waals surface area (Å²) in [4.78, 5) is 14.4. The van der Waals surface area contributed by atoms with Gasteiger partial charge in [0.25, 0.3) is 0 Å². The standard InChI is InChI=1S/C6H11N5O/c1-4-5(8-3-2-7)9-6(12)11-10-4/h2-3,7H2,1H3,(H2,8,9,11,12)/p+1. The zero-order chi connectivity index (χ0) is 8.97. The van der Waals surface area contributed by atoms with Gasteiger partial charge in [-0.05, 0) is 6.92 Å². The smallest absolute Gasteiger partial charge is 0.363 e. The second-order valence-corrected chi connectivity index (χ2v) is 2.35. The molecular weight excluding hydrogens is 158 g/mol. The van der Waals surface area contributed by atoms with Gasteiger partial charge < -0.3 is 11.1 Å². The summed E-state index contributed by atoms with van der Waals surface area (Å²) in [5.41, 5.74) is 3.90. The molecule has 5 N–H and O–H groups in total. The third-order valence-corrected chi connectivity index (χ3v) is 1.34. The Balaban J connectivity index is 2.82. The highest BCUT2D eigenvalue weighted by Crippen LogP contribution is 2.00. The van der Waals surface area contributed by atoms with Crippen molar-refractivity contribution in [3.8, 4) is 0 Å². The molecule has 1 heterocycles. The van der Waals surface area contributed by atoms with E-state index in [0.29, 0.717) is 18.1 Å². The summed E-state index contributed by atoms with van der Waals surface area (Å²) >= 11 is 0. The predicted molar refractivity (Wildman–Crippen MR) is 43.6 cm³/mol. The molecule has 0 aromatic carbocycles. The first-order valence-corrected chi connectivity index (χ1v) is 3.70. The second kappa shape index (κ2) is 3.82. The number of nitrogens with zero attached hydrogens (tertiary/aromatic N) is 2. The maximum absolute atomic E-state index is 10.7. The molecule has 0 aliphatic heterocycles. The number of hydrogen-bond acceptors (Lipinski definition) is 4. The molecular formula is C6H12N5O+. The van der Waals surface area contributed by atoms with Crippen LogP contribution in [0.4, 0.5) is 5.82 Å². The molecule has 0 aliphatic rings. The van der Waals surface area contributed by atoms with Gasteiger partial charge in [-0.2, -0.15) is 10.1 Å². The van der Waals surface area contributed by atoms with Crippen molar-refractivity contribution < 1.29 is 5.73 Å². The summed E-state index contributed by atoms with van der Waals surface area (Å²) in [6.45, 7) is 3.21. The lowest BCUT2D eigenvalue weighted by atomic mass is 10.4. The van der Waals surface area contributed by atoms with Crippen molar-refractivity contribution >= 4 is 5.82 Å². The van der Waals surface area contributed by atoms with Crippen LogP contribution in [0.1, 0.15) is 5.69 Å². The van der Waals surface area contributed by atoms with Crippen LogP contribution in [0.5, 0.6) is 0 Å². The SMILES string of the molecule is Cc1n[nH]c(=O)nc1NCC[NH3+]. The topological polar surface area (TPSA) is 98.3 Å². The van der Waals surface area contributed by atoms with Gasteiger partial charge in [-0.1, -0.05) is 0 Å². The molecule has 1 aromatic heterocycles. The van der Waals surface area contributed by atoms with E-state index in [1.165, 1.54) is 0 Å². The van der Waals surface area contributed by atoms with Crippen molar-refractivity contribution in [3.05, 3.63) is 16.2 Å². The molecule has 0 saturated carbocycles. The Hall–Kier alpha value is -1.43. The van der Waals surface area contributed by atoms with E-state index in [4.69, 9.17) is 0 Å². The fraction of sp³-hybridized carbons (Fsp3) is 0.500. The number of rotatable bonds is 3. The lowest BCUT2D eigenvalue weighted by molar-refractivity contribution is -0.362. The van der Waals surface area contributed by atoms with E-state index < -0.39 is 5.69 Å². The molecule has 6 nitrogen and oxygen atoms in total. The molecule has 0 spiro atoms. The molecule has 0 radical (unpaired) electrons. The van der Waals surface area contributed by atoms with E-state index in [0.717, 1.165) is 6.54 Å². The van der Waals surface area contributed by atoms with Crippen LogP contribution in [0.25, 0.3) is 0 Å². The first-order chi connectivity index (χ1) is 5.74. The van der Waals surface area contributed by atoms with E-state index in [9.17, 15) is 4.79 Å². The number of aryl methyl sites for hydroxylation is 1. The highest BCUT2D eigenvalue weighted by atomic mass is 16.1. The van der Waals surface area contributed by atoms with Gasteiger partial charge in [0, 0.05) is 0 Å². The van der Waals surface area contributed by atoms with Gasteiger partial charge >= 0.3 is 5.69 Å². The van der Waals surface area contributed by atoms with Crippen molar-refractivity contribution in [1.29, 1.82) is 0 Å². The minimum Gasteiger partial charge on any atom is -0.363 e. The van der Waals surface area contributed by atoms with Crippen molar-refractivity contribution in [3.63, 3.8) is 0 Å². The number of quaternary nitrogens is 1. The zero-order valence-electron chi connectivity index (χ0n) is 6.92.